The van der Waals surface area contributed by atoms with Crippen molar-refractivity contribution < 1.29 is 23.4 Å². The third-order valence-electron chi connectivity index (χ3n) is 4.78. The van der Waals surface area contributed by atoms with Gasteiger partial charge in [-0.1, -0.05) is 53.6 Å². The fraction of sp³-hybridized carbons (Fsp3) is 0.120. The highest BCUT2D eigenvalue weighted by Crippen LogP contribution is 2.38. The van der Waals surface area contributed by atoms with E-state index in [4.69, 9.17) is 25.8 Å². The highest BCUT2D eigenvalue weighted by molar-refractivity contribution is 6.32. The van der Waals surface area contributed by atoms with Crippen molar-refractivity contribution in [1.29, 1.82) is 0 Å². The Balaban J connectivity index is 1.59. The number of aryl methyl sites for hydroxylation is 1. The third-order valence-corrected chi connectivity index (χ3v) is 5.06. The smallest absolute Gasteiger partial charge is 0.363 e. The van der Waals surface area contributed by atoms with Crippen molar-refractivity contribution in [3.8, 4) is 11.5 Å². The van der Waals surface area contributed by atoms with Crippen LogP contribution in [0.4, 0.5) is 4.39 Å². The molecule has 1 heterocycles. The Morgan fingerprint density at radius 3 is 2.59 bits per heavy atom. The number of esters is 1. The molecule has 0 saturated heterocycles. The van der Waals surface area contributed by atoms with Crippen molar-refractivity contribution in [3.05, 3.63) is 99.5 Å². The van der Waals surface area contributed by atoms with E-state index >= 15 is 0 Å². The second kappa shape index (κ2) is 9.24. The zero-order valence-electron chi connectivity index (χ0n) is 17.4. The molecule has 3 aromatic rings. The summed E-state index contributed by atoms with van der Waals surface area (Å²) in [6, 6.07) is 17.2. The van der Waals surface area contributed by atoms with E-state index in [-0.39, 0.29) is 17.2 Å². The van der Waals surface area contributed by atoms with E-state index in [0.29, 0.717) is 28.7 Å². The molecule has 32 heavy (non-hydrogen) atoms. The van der Waals surface area contributed by atoms with Crippen molar-refractivity contribution in [2.24, 2.45) is 4.99 Å². The van der Waals surface area contributed by atoms with Gasteiger partial charge in [0.25, 0.3) is 0 Å². The Hall–Kier alpha value is -3.64. The number of nitrogens with zero attached hydrogens (tertiary/aromatic N) is 1. The fourth-order valence-corrected chi connectivity index (χ4v) is 3.39. The van der Waals surface area contributed by atoms with Gasteiger partial charge in [0.05, 0.1) is 17.7 Å². The molecule has 0 N–H and O–H groups in total. The molecule has 7 heteroatoms. The number of aliphatic imine (C=N–C) groups is 1. The molecule has 0 saturated carbocycles. The Morgan fingerprint density at radius 2 is 1.88 bits per heavy atom. The molecule has 5 nitrogen and oxygen atoms in total. The van der Waals surface area contributed by atoms with Gasteiger partial charge in [0.15, 0.2) is 17.2 Å². The van der Waals surface area contributed by atoms with E-state index in [1.807, 2.05) is 31.2 Å². The van der Waals surface area contributed by atoms with Crippen LogP contribution >= 0.6 is 11.6 Å². The van der Waals surface area contributed by atoms with E-state index in [2.05, 4.69) is 4.99 Å². The summed E-state index contributed by atoms with van der Waals surface area (Å²) in [6.07, 6.45) is 1.49. The summed E-state index contributed by atoms with van der Waals surface area (Å²) in [5, 5.41) is 0.313. The van der Waals surface area contributed by atoms with Gasteiger partial charge in [-0.05, 0) is 48.4 Å². The van der Waals surface area contributed by atoms with Gasteiger partial charge in [-0.25, -0.2) is 14.2 Å². The Kier molecular flexibility index (Phi) is 6.23. The SMILES string of the molecule is COc1cc(C=C2N=C(c3ccccc3F)OC2=O)cc(Cl)c1OCc1ccc(C)cc1. The summed E-state index contributed by atoms with van der Waals surface area (Å²) in [7, 11) is 1.50. The van der Waals surface area contributed by atoms with E-state index in [1.165, 1.54) is 25.3 Å². The average molecular weight is 452 g/mol. The first-order chi connectivity index (χ1) is 15.4. The standard InChI is InChI=1S/C25H19ClFNO4/c1-15-7-9-16(10-8-15)14-31-23-19(26)11-17(13-22(23)30-2)12-21-25(29)32-24(28-21)18-5-3-4-6-20(18)27/h3-13H,14H2,1-2H3. The lowest BCUT2D eigenvalue weighted by atomic mass is 10.1. The number of methoxy groups -OCH3 is 1. The van der Waals surface area contributed by atoms with Crippen molar-refractivity contribution in [1.82, 2.24) is 0 Å². The predicted octanol–water partition coefficient (Wildman–Crippen LogP) is 5.72. The molecule has 0 aliphatic carbocycles. The van der Waals surface area contributed by atoms with Gasteiger partial charge in [0.2, 0.25) is 5.90 Å². The number of carbonyl (C=O) groups is 1. The topological polar surface area (TPSA) is 57.1 Å². The molecule has 0 unspecified atom stereocenters. The number of cyclic esters (lactones) is 1. The number of ether oxygens (including phenoxy) is 3. The molecule has 0 bridgehead atoms. The second-order valence-electron chi connectivity index (χ2n) is 7.12. The third kappa shape index (κ3) is 4.65. The number of hydrogen-bond acceptors (Lipinski definition) is 5. The normalized spacial score (nSPS) is 14.3. The van der Waals surface area contributed by atoms with E-state index < -0.39 is 11.8 Å². The minimum atomic E-state index is -0.682. The first kappa shape index (κ1) is 21.6. The van der Waals surface area contributed by atoms with Crippen molar-refractivity contribution >= 4 is 29.5 Å². The summed E-state index contributed by atoms with van der Waals surface area (Å²) in [5.74, 6) is -0.504. The number of benzene rings is 3. The molecule has 3 aromatic carbocycles. The molecule has 0 atom stereocenters. The van der Waals surface area contributed by atoms with E-state index in [0.717, 1.165) is 11.1 Å². The molecule has 162 valence electrons. The largest absolute Gasteiger partial charge is 0.493 e. The average Bonchev–Trinajstić information content (AvgIpc) is 3.14. The van der Waals surface area contributed by atoms with E-state index in [9.17, 15) is 9.18 Å². The van der Waals surface area contributed by atoms with Crippen LogP contribution in [0.25, 0.3) is 6.08 Å². The zero-order chi connectivity index (χ0) is 22.7. The maximum atomic E-state index is 14.0. The van der Waals surface area contributed by atoms with Crippen LogP contribution in [0.5, 0.6) is 11.5 Å². The van der Waals surface area contributed by atoms with E-state index in [1.54, 1.807) is 24.3 Å². The van der Waals surface area contributed by atoms with Crippen LogP contribution in [0, 0.1) is 12.7 Å². The Labute approximate surface area is 189 Å². The summed E-state index contributed by atoms with van der Waals surface area (Å²) in [5.41, 5.74) is 2.84. The quantitative estimate of drug-likeness (QED) is 0.355. The first-order valence-electron chi connectivity index (χ1n) is 9.78. The van der Waals surface area contributed by atoms with Gasteiger partial charge in [0, 0.05) is 0 Å². The summed E-state index contributed by atoms with van der Waals surface area (Å²) in [6.45, 7) is 2.33. The number of carbonyl (C=O) groups excluding carboxylic acids is 1. The molecule has 0 fully saturated rings. The van der Waals surface area contributed by atoms with Gasteiger partial charge in [0.1, 0.15) is 12.4 Å². The highest BCUT2D eigenvalue weighted by atomic mass is 35.5. The second-order valence-corrected chi connectivity index (χ2v) is 7.53. The molecule has 1 aliphatic rings. The molecule has 4 rings (SSSR count). The molecule has 0 radical (unpaired) electrons. The van der Waals surface area contributed by atoms with Crippen molar-refractivity contribution in [3.63, 3.8) is 0 Å². The lowest BCUT2D eigenvalue weighted by Gasteiger charge is -2.13. The molecular weight excluding hydrogens is 433 g/mol. The predicted molar refractivity (Wildman–Crippen MR) is 121 cm³/mol. The monoisotopic (exact) mass is 451 g/mol. The lowest BCUT2D eigenvalue weighted by molar-refractivity contribution is -0.129. The molecule has 1 aliphatic heterocycles. The Morgan fingerprint density at radius 1 is 1.12 bits per heavy atom. The molecular formula is C25H19ClFNO4. The number of halogens is 2. The minimum absolute atomic E-state index is 0.0229. The first-order valence-corrected chi connectivity index (χ1v) is 10.2. The summed E-state index contributed by atoms with van der Waals surface area (Å²) < 4.78 is 30.4. The fourth-order valence-electron chi connectivity index (χ4n) is 3.12. The summed E-state index contributed by atoms with van der Waals surface area (Å²) in [4.78, 5) is 16.4. The zero-order valence-corrected chi connectivity index (χ0v) is 18.2. The maximum Gasteiger partial charge on any atom is 0.363 e. The van der Waals surface area contributed by atoms with Crippen LogP contribution in [-0.2, 0) is 16.1 Å². The lowest BCUT2D eigenvalue weighted by Crippen LogP contribution is -2.07. The van der Waals surface area contributed by atoms with Crippen molar-refractivity contribution in [2.75, 3.05) is 7.11 Å². The van der Waals surface area contributed by atoms with Gasteiger partial charge in [-0.3, -0.25) is 0 Å². The van der Waals surface area contributed by atoms with Crippen LogP contribution in [0.15, 0.2) is 71.4 Å². The molecule has 0 spiro atoms. The summed E-state index contributed by atoms with van der Waals surface area (Å²) >= 11 is 6.44. The van der Waals surface area contributed by atoms with Gasteiger partial charge < -0.3 is 14.2 Å². The Bertz CT molecular complexity index is 1240. The van der Waals surface area contributed by atoms with Crippen LogP contribution in [0.3, 0.4) is 0 Å². The van der Waals surface area contributed by atoms with Crippen LogP contribution in [0.2, 0.25) is 5.02 Å². The van der Waals surface area contributed by atoms with Crippen LogP contribution in [-0.4, -0.2) is 19.0 Å². The van der Waals surface area contributed by atoms with Crippen LogP contribution in [0.1, 0.15) is 22.3 Å². The molecule has 0 aromatic heterocycles. The maximum absolute atomic E-state index is 14.0. The minimum Gasteiger partial charge on any atom is -0.493 e. The van der Waals surface area contributed by atoms with Gasteiger partial charge >= 0.3 is 5.97 Å². The number of hydrogen-bond donors (Lipinski definition) is 0. The van der Waals surface area contributed by atoms with Gasteiger partial charge in [-0.15, -0.1) is 0 Å². The van der Waals surface area contributed by atoms with Gasteiger partial charge in [-0.2, -0.15) is 0 Å². The molecule has 0 amide bonds. The van der Waals surface area contributed by atoms with Crippen molar-refractivity contribution in [2.45, 2.75) is 13.5 Å². The van der Waals surface area contributed by atoms with Crippen LogP contribution < -0.4 is 9.47 Å². The number of rotatable bonds is 6. The highest BCUT2D eigenvalue weighted by Gasteiger charge is 2.26.